The maximum atomic E-state index is 13.5. The Morgan fingerprint density at radius 1 is 1.33 bits per heavy atom. The van der Waals surface area contributed by atoms with Crippen molar-refractivity contribution in [3.63, 3.8) is 0 Å². The second-order valence-electron chi connectivity index (χ2n) is 8.39. The fourth-order valence-corrected chi connectivity index (χ4v) is 7.88. The number of hydrogen-bond donors (Lipinski definition) is 1. The first-order valence-corrected chi connectivity index (χ1v) is 13.2. The van der Waals surface area contributed by atoms with Gasteiger partial charge in [-0.1, -0.05) is 37.3 Å². The van der Waals surface area contributed by atoms with Crippen LogP contribution in [-0.4, -0.2) is 55.3 Å². The van der Waals surface area contributed by atoms with Gasteiger partial charge in [0, 0.05) is 48.8 Å². The lowest BCUT2D eigenvalue weighted by molar-refractivity contribution is 0.0595. The summed E-state index contributed by atoms with van der Waals surface area (Å²) >= 11 is 1.19. The van der Waals surface area contributed by atoms with Crippen molar-refractivity contribution in [1.82, 2.24) is 14.2 Å². The fourth-order valence-electron chi connectivity index (χ4n) is 4.30. The van der Waals surface area contributed by atoms with Crippen molar-refractivity contribution in [2.45, 2.75) is 37.6 Å². The van der Waals surface area contributed by atoms with Crippen molar-refractivity contribution in [2.24, 2.45) is 0 Å². The molecule has 0 fully saturated rings. The Hall–Kier alpha value is -2.46. The van der Waals surface area contributed by atoms with Crippen molar-refractivity contribution in [3.8, 4) is 0 Å². The van der Waals surface area contributed by atoms with E-state index in [0.29, 0.717) is 19.5 Å². The van der Waals surface area contributed by atoms with Gasteiger partial charge in [-0.15, -0.1) is 11.3 Å². The zero-order chi connectivity index (χ0) is 23.8. The zero-order valence-electron chi connectivity index (χ0n) is 19.2. The Morgan fingerprint density at radius 3 is 2.76 bits per heavy atom. The molecule has 1 aliphatic rings. The molecular formula is C24H29N3O4S2. The van der Waals surface area contributed by atoms with Crippen LogP contribution in [0.25, 0.3) is 10.9 Å². The number of esters is 1. The lowest BCUT2D eigenvalue weighted by atomic mass is 10.0. The minimum atomic E-state index is -3.85. The van der Waals surface area contributed by atoms with Gasteiger partial charge < -0.3 is 9.72 Å². The summed E-state index contributed by atoms with van der Waals surface area (Å²) in [5.41, 5.74) is 3.94. The van der Waals surface area contributed by atoms with E-state index in [1.54, 1.807) is 13.8 Å². The van der Waals surface area contributed by atoms with Gasteiger partial charge in [-0.2, -0.15) is 4.31 Å². The maximum Gasteiger partial charge on any atom is 0.340 e. The van der Waals surface area contributed by atoms with E-state index < -0.39 is 16.0 Å². The summed E-state index contributed by atoms with van der Waals surface area (Å²) < 4.78 is 33.4. The standard InChI is InChI=1S/C24H29N3O4S2/c1-5-27(13-16(2)3)33(29,30)24-22(23(28)31-4)19-10-11-26(15-21(19)32-24)14-18-12-17-8-6-7-9-20(17)25-18/h6-9,12,25H,2,5,10-11,13-15H2,1,3-4H3. The minimum absolute atomic E-state index is 0.0786. The number of rotatable bonds is 8. The number of aromatic amines is 1. The van der Waals surface area contributed by atoms with Gasteiger partial charge >= 0.3 is 5.97 Å². The molecule has 0 saturated heterocycles. The Bertz CT molecular complexity index is 1270. The van der Waals surface area contributed by atoms with E-state index in [0.717, 1.165) is 40.3 Å². The molecule has 1 aromatic carbocycles. The third kappa shape index (κ3) is 4.63. The van der Waals surface area contributed by atoms with Crippen molar-refractivity contribution < 1.29 is 17.9 Å². The van der Waals surface area contributed by atoms with Gasteiger partial charge in [0.05, 0.1) is 12.7 Å². The molecule has 2 aromatic heterocycles. The van der Waals surface area contributed by atoms with E-state index in [4.69, 9.17) is 4.74 Å². The highest BCUT2D eigenvalue weighted by Gasteiger charge is 2.36. The summed E-state index contributed by atoms with van der Waals surface area (Å²) in [6, 6.07) is 10.3. The Balaban J connectivity index is 1.66. The number of nitrogens with zero attached hydrogens (tertiary/aromatic N) is 2. The van der Waals surface area contributed by atoms with Crippen LogP contribution in [0.2, 0.25) is 0 Å². The number of methoxy groups -OCH3 is 1. The molecule has 4 rings (SSSR count). The average molecular weight is 488 g/mol. The van der Waals surface area contributed by atoms with E-state index >= 15 is 0 Å². The van der Waals surface area contributed by atoms with E-state index in [2.05, 4.69) is 34.7 Å². The summed E-state index contributed by atoms with van der Waals surface area (Å²) in [6.45, 7) is 9.98. The summed E-state index contributed by atoms with van der Waals surface area (Å²) in [5, 5.41) is 1.17. The van der Waals surface area contributed by atoms with Crippen LogP contribution < -0.4 is 0 Å². The summed E-state index contributed by atoms with van der Waals surface area (Å²) in [4.78, 5) is 19.3. The smallest absolute Gasteiger partial charge is 0.340 e. The molecule has 1 N–H and O–H groups in total. The molecule has 0 spiro atoms. The molecule has 1 aliphatic heterocycles. The lowest BCUT2D eigenvalue weighted by Gasteiger charge is -2.26. The third-order valence-electron chi connectivity index (χ3n) is 5.85. The lowest BCUT2D eigenvalue weighted by Crippen LogP contribution is -2.33. The maximum absolute atomic E-state index is 13.5. The molecule has 0 unspecified atom stereocenters. The first kappa shape index (κ1) is 23.7. The largest absolute Gasteiger partial charge is 0.465 e. The van der Waals surface area contributed by atoms with E-state index in [1.807, 2.05) is 12.1 Å². The molecule has 0 atom stereocenters. The number of aromatic nitrogens is 1. The van der Waals surface area contributed by atoms with Crippen LogP contribution in [0.1, 0.15) is 40.3 Å². The Kier molecular flexibility index (Phi) is 6.76. The number of sulfonamides is 1. The van der Waals surface area contributed by atoms with Crippen LogP contribution in [0.4, 0.5) is 0 Å². The number of para-hydroxylation sites is 1. The number of benzene rings is 1. The van der Waals surface area contributed by atoms with Gasteiger partial charge in [0.1, 0.15) is 4.21 Å². The predicted octanol–water partition coefficient (Wildman–Crippen LogP) is 4.16. The molecule has 0 radical (unpaired) electrons. The fraction of sp³-hybridized carbons (Fsp3) is 0.375. The normalized spacial score (nSPS) is 14.5. The first-order chi connectivity index (χ1) is 15.7. The van der Waals surface area contributed by atoms with Gasteiger partial charge in [-0.25, -0.2) is 13.2 Å². The number of hydrogen-bond acceptors (Lipinski definition) is 6. The van der Waals surface area contributed by atoms with E-state index in [-0.39, 0.29) is 16.3 Å². The van der Waals surface area contributed by atoms with Crippen molar-refractivity contribution in [3.05, 3.63) is 64.2 Å². The number of thiophene rings is 1. The van der Waals surface area contributed by atoms with Crippen LogP contribution in [-0.2, 0) is 34.3 Å². The summed E-state index contributed by atoms with van der Waals surface area (Å²) in [6.07, 6.45) is 0.596. The molecule has 0 bridgehead atoms. The number of ether oxygens (including phenoxy) is 1. The molecule has 176 valence electrons. The molecule has 33 heavy (non-hydrogen) atoms. The minimum Gasteiger partial charge on any atom is -0.465 e. The highest BCUT2D eigenvalue weighted by atomic mass is 32.2. The molecular weight excluding hydrogens is 458 g/mol. The zero-order valence-corrected chi connectivity index (χ0v) is 20.8. The Morgan fingerprint density at radius 2 is 2.09 bits per heavy atom. The van der Waals surface area contributed by atoms with Crippen LogP contribution in [0.15, 0.2) is 46.7 Å². The number of carbonyl (C=O) groups is 1. The monoisotopic (exact) mass is 487 g/mol. The predicted molar refractivity (Wildman–Crippen MR) is 131 cm³/mol. The molecule has 0 saturated carbocycles. The quantitative estimate of drug-likeness (QED) is 0.381. The molecule has 0 amide bonds. The van der Waals surface area contributed by atoms with Crippen molar-refractivity contribution in [2.75, 3.05) is 26.7 Å². The average Bonchev–Trinajstić information content (AvgIpc) is 3.37. The van der Waals surface area contributed by atoms with E-state index in [9.17, 15) is 13.2 Å². The van der Waals surface area contributed by atoms with Crippen LogP contribution in [0.3, 0.4) is 0 Å². The van der Waals surface area contributed by atoms with Gasteiger partial charge in [-0.3, -0.25) is 4.90 Å². The molecule has 7 nitrogen and oxygen atoms in total. The summed E-state index contributed by atoms with van der Waals surface area (Å²) in [5.74, 6) is -0.596. The van der Waals surface area contributed by atoms with Crippen LogP contribution in [0, 0.1) is 0 Å². The molecule has 9 heteroatoms. The first-order valence-electron chi connectivity index (χ1n) is 10.9. The van der Waals surface area contributed by atoms with Gasteiger partial charge in [-0.05, 0) is 36.4 Å². The number of likely N-dealkylation sites (N-methyl/N-ethyl adjacent to an activating group) is 1. The van der Waals surface area contributed by atoms with Gasteiger partial charge in [0.15, 0.2) is 0 Å². The van der Waals surface area contributed by atoms with Crippen LogP contribution >= 0.6 is 11.3 Å². The molecule has 0 aliphatic carbocycles. The molecule has 3 aromatic rings. The Labute approximate surface area is 198 Å². The number of nitrogens with one attached hydrogen (secondary N) is 1. The van der Waals surface area contributed by atoms with Crippen molar-refractivity contribution >= 4 is 38.2 Å². The van der Waals surface area contributed by atoms with Crippen molar-refractivity contribution in [1.29, 1.82) is 0 Å². The second kappa shape index (κ2) is 9.42. The molecule has 3 heterocycles. The van der Waals surface area contributed by atoms with Gasteiger partial charge in [0.2, 0.25) is 0 Å². The highest BCUT2D eigenvalue weighted by Crippen LogP contribution is 2.38. The number of carbonyl (C=O) groups excluding carboxylic acids is 1. The third-order valence-corrected chi connectivity index (χ3v) is 9.48. The van der Waals surface area contributed by atoms with Gasteiger partial charge in [0.25, 0.3) is 10.0 Å². The number of H-pyrrole nitrogens is 1. The summed E-state index contributed by atoms with van der Waals surface area (Å²) in [7, 11) is -2.56. The SMILES string of the molecule is C=C(C)CN(CC)S(=O)(=O)c1sc2c(c1C(=O)OC)CCN(Cc1cc3ccccc3[nH]1)C2. The highest BCUT2D eigenvalue weighted by molar-refractivity contribution is 7.91. The van der Waals surface area contributed by atoms with Crippen LogP contribution in [0.5, 0.6) is 0 Å². The van der Waals surface area contributed by atoms with E-state index in [1.165, 1.54) is 28.1 Å². The number of fused-ring (bicyclic) bond motifs is 2. The second-order valence-corrected chi connectivity index (χ2v) is 11.6. The topological polar surface area (TPSA) is 82.7 Å².